The van der Waals surface area contributed by atoms with Crippen molar-refractivity contribution in [1.82, 2.24) is 0 Å². The minimum absolute atomic E-state index is 0.337. The Bertz CT molecular complexity index is 471. The quantitative estimate of drug-likeness (QED) is 0.724. The predicted octanol–water partition coefficient (Wildman–Crippen LogP) is 1.90. The molecule has 15 heavy (non-hydrogen) atoms. The molecule has 2 rings (SSSR count). The van der Waals surface area contributed by atoms with Crippen molar-refractivity contribution < 1.29 is 13.2 Å². The standard InChI is InChI=1S/C11H14O3S/c1-8-4-6-9(7-5-8)15(12,13)10-11(2,3)14-10/h4-7,10H,1-3H3. The number of sulfone groups is 1. The zero-order valence-electron chi connectivity index (χ0n) is 9.02. The Morgan fingerprint density at radius 2 is 1.67 bits per heavy atom. The monoisotopic (exact) mass is 226 g/mol. The number of ether oxygens (including phenoxy) is 1. The first kappa shape index (κ1) is 10.6. The molecule has 0 amide bonds. The van der Waals surface area contributed by atoms with Gasteiger partial charge in [0.05, 0.1) is 4.90 Å². The molecular formula is C11H14O3S. The highest BCUT2D eigenvalue weighted by atomic mass is 32.2. The summed E-state index contributed by atoms with van der Waals surface area (Å²) in [6, 6.07) is 6.84. The SMILES string of the molecule is Cc1ccc(S(=O)(=O)C2OC2(C)C)cc1. The van der Waals surface area contributed by atoms with E-state index in [0.29, 0.717) is 4.90 Å². The lowest BCUT2D eigenvalue weighted by Crippen LogP contribution is -2.15. The summed E-state index contributed by atoms with van der Waals surface area (Å²) in [6.45, 7) is 5.49. The van der Waals surface area contributed by atoms with Gasteiger partial charge in [0.2, 0.25) is 9.84 Å². The molecule has 1 fully saturated rings. The molecule has 1 heterocycles. The zero-order chi connectivity index (χ0) is 11.3. The third-order valence-corrected chi connectivity index (χ3v) is 4.71. The van der Waals surface area contributed by atoms with E-state index in [9.17, 15) is 8.42 Å². The van der Waals surface area contributed by atoms with Crippen LogP contribution in [0.25, 0.3) is 0 Å². The number of aryl methyl sites for hydroxylation is 1. The van der Waals surface area contributed by atoms with Crippen LogP contribution in [0, 0.1) is 6.92 Å². The molecule has 0 N–H and O–H groups in total. The molecule has 0 aromatic heterocycles. The smallest absolute Gasteiger partial charge is 0.208 e. The van der Waals surface area contributed by atoms with Crippen LogP contribution in [0.1, 0.15) is 19.4 Å². The van der Waals surface area contributed by atoms with Gasteiger partial charge in [0.1, 0.15) is 5.60 Å². The average Bonchev–Trinajstić information content (AvgIpc) is 2.77. The Morgan fingerprint density at radius 1 is 1.20 bits per heavy atom. The van der Waals surface area contributed by atoms with Crippen molar-refractivity contribution in [1.29, 1.82) is 0 Å². The Morgan fingerprint density at radius 3 is 2.07 bits per heavy atom. The van der Waals surface area contributed by atoms with E-state index < -0.39 is 20.9 Å². The van der Waals surface area contributed by atoms with E-state index in [1.54, 1.807) is 38.1 Å². The van der Waals surface area contributed by atoms with Gasteiger partial charge in [-0.1, -0.05) is 17.7 Å². The molecule has 4 heteroatoms. The van der Waals surface area contributed by atoms with Gasteiger partial charge in [-0.25, -0.2) is 8.42 Å². The van der Waals surface area contributed by atoms with Crippen LogP contribution >= 0.6 is 0 Å². The minimum atomic E-state index is -3.31. The van der Waals surface area contributed by atoms with Gasteiger partial charge < -0.3 is 4.74 Å². The molecule has 1 aliphatic heterocycles. The molecule has 0 saturated carbocycles. The molecule has 0 bridgehead atoms. The Balaban J connectivity index is 2.36. The number of hydrogen-bond acceptors (Lipinski definition) is 3. The van der Waals surface area contributed by atoms with Crippen molar-refractivity contribution >= 4 is 9.84 Å². The summed E-state index contributed by atoms with van der Waals surface area (Å²) in [5.41, 5.74) is -0.179. The second-order valence-corrected chi connectivity index (χ2v) is 6.40. The molecule has 1 saturated heterocycles. The van der Waals surface area contributed by atoms with E-state index in [4.69, 9.17) is 4.74 Å². The predicted molar refractivity (Wildman–Crippen MR) is 57.3 cm³/mol. The van der Waals surface area contributed by atoms with Crippen molar-refractivity contribution in [3.8, 4) is 0 Å². The fourth-order valence-electron chi connectivity index (χ4n) is 1.53. The van der Waals surface area contributed by atoms with E-state index in [-0.39, 0.29) is 0 Å². The molecule has 0 aliphatic carbocycles. The summed E-state index contributed by atoms with van der Waals surface area (Å²) >= 11 is 0. The van der Waals surface area contributed by atoms with Gasteiger partial charge in [-0.3, -0.25) is 0 Å². The molecule has 1 unspecified atom stereocenters. The van der Waals surface area contributed by atoms with E-state index in [0.717, 1.165) is 5.56 Å². The molecule has 0 spiro atoms. The first-order valence-corrected chi connectivity index (χ1v) is 6.37. The van der Waals surface area contributed by atoms with Gasteiger partial charge in [0.15, 0.2) is 5.44 Å². The third-order valence-electron chi connectivity index (χ3n) is 2.55. The molecule has 1 atom stereocenters. The number of hydrogen-bond donors (Lipinski definition) is 0. The van der Waals surface area contributed by atoms with E-state index in [2.05, 4.69) is 0 Å². The maximum atomic E-state index is 12.0. The van der Waals surface area contributed by atoms with Crippen molar-refractivity contribution in [2.45, 2.75) is 36.7 Å². The lowest BCUT2D eigenvalue weighted by Gasteiger charge is -2.02. The first-order valence-electron chi connectivity index (χ1n) is 4.82. The number of rotatable bonds is 2. The average molecular weight is 226 g/mol. The molecule has 0 radical (unpaired) electrons. The summed E-state index contributed by atoms with van der Waals surface area (Å²) < 4.78 is 29.2. The first-order chi connectivity index (χ1) is 6.84. The largest absolute Gasteiger partial charge is 0.349 e. The fourth-order valence-corrected chi connectivity index (χ4v) is 3.41. The highest BCUT2D eigenvalue weighted by Gasteiger charge is 2.57. The Hall–Kier alpha value is -0.870. The molecule has 82 valence electrons. The lowest BCUT2D eigenvalue weighted by molar-refractivity contribution is 0.337. The van der Waals surface area contributed by atoms with Gasteiger partial charge in [-0.05, 0) is 32.9 Å². The molecule has 1 aromatic carbocycles. The van der Waals surface area contributed by atoms with Crippen LogP contribution in [-0.4, -0.2) is 19.5 Å². The van der Waals surface area contributed by atoms with Gasteiger partial charge >= 0.3 is 0 Å². The van der Waals surface area contributed by atoms with Crippen molar-refractivity contribution in [3.63, 3.8) is 0 Å². The van der Waals surface area contributed by atoms with Crippen LogP contribution in [0.15, 0.2) is 29.2 Å². The van der Waals surface area contributed by atoms with Gasteiger partial charge in [-0.2, -0.15) is 0 Å². The molecule has 1 aromatic rings. The zero-order valence-corrected chi connectivity index (χ0v) is 9.84. The maximum absolute atomic E-state index is 12.0. The Labute approximate surface area is 90.0 Å². The topological polar surface area (TPSA) is 46.7 Å². The highest BCUT2D eigenvalue weighted by molar-refractivity contribution is 7.92. The van der Waals surface area contributed by atoms with Crippen molar-refractivity contribution in [2.24, 2.45) is 0 Å². The van der Waals surface area contributed by atoms with Crippen molar-refractivity contribution in [2.75, 3.05) is 0 Å². The number of epoxide rings is 1. The maximum Gasteiger partial charge on any atom is 0.208 e. The van der Waals surface area contributed by atoms with Crippen molar-refractivity contribution in [3.05, 3.63) is 29.8 Å². The van der Waals surface area contributed by atoms with E-state index in [1.807, 2.05) is 6.92 Å². The summed E-state index contributed by atoms with van der Waals surface area (Å²) in [5.74, 6) is 0. The summed E-state index contributed by atoms with van der Waals surface area (Å²) in [5, 5.41) is 0. The fraction of sp³-hybridized carbons (Fsp3) is 0.455. The Kier molecular flexibility index (Phi) is 2.17. The number of benzene rings is 1. The van der Waals surface area contributed by atoms with Crippen LogP contribution < -0.4 is 0 Å². The van der Waals surface area contributed by atoms with Crippen LogP contribution in [0.3, 0.4) is 0 Å². The van der Waals surface area contributed by atoms with E-state index >= 15 is 0 Å². The second-order valence-electron chi connectivity index (χ2n) is 4.41. The van der Waals surface area contributed by atoms with E-state index in [1.165, 1.54) is 0 Å². The van der Waals surface area contributed by atoms with Gasteiger partial charge in [0, 0.05) is 0 Å². The lowest BCUT2D eigenvalue weighted by atomic mass is 10.2. The van der Waals surface area contributed by atoms with Gasteiger partial charge in [0.25, 0.3) is 0 Å². The molecular weight excluding hydrogens is 212 g/mol. The molecule has 3 nitrogen and oxygen atoms in total. The minimum Gasteiger partial charge on any atom is -0.349 e. The highest BCUT2D eigenvalue weighted by Crippen LogP contribution is 2.42. The summed E-state index contributed by atoms with van der Waals surface area (Å²) in [6.07, 6.45) is 0. The second kappa shape index (κ2) is 3.06. The van der Waals surface area contributed by atoms with Crippen LogP contribution in [-0.2, 0) is 14.6 Å². The normalized spacial score (nSPS) is 23.8. The van der Waals surface area contributed by atoms with Crippen LogP contribution in [0.5, 0.6) is 0 Å². The third kappa shape index (κ3) is 1.79. The van der Waals surface area contributed by atoms with Gasteiger partial charge in [-0.15, -0.1) is 0 Å². The van der Waals surface area contributed by atoms with Crippen LogP contribution in [0.2, 0.25) is 0 Å². The summed E-state index contributed by atoms with van der Waals surface area (Å²) in [4.78, 5) is 0.337. The molecule has 1 aliphatic rings. The summed E-state index contributed by atoms with van der Waals surface area (Å²) in [7, 11) is -3.31. The van der Waals surface area contributed by atoms with Crippen LogP contribution in [0.4, 0.5) is 0 Å².